The molecule has 2 N–H and O–H groups in total. The van der Waals surface area contributed by atoms with Gasteiger partial charge in [0, 0.05) is 47.4 Å². The molecular weight excluding hydrogens is 416 g/mol. The van der Waals surface area contributed by atoms with Crippen molar-refractivity contribution < 1.29 is 19.4 Å². The molecule has 2 bridgehead atoms. The van der Waals surface area contributed by atoms with E-state index in [9.17, 15) is 9.90 Å². The van der Waals surface area contributed by atoms with Crippen LogP contribution in [0.2, 0.25) is 0 Å². The van der Waals surface area contributed by atoms with Gasteiger partial charge < -0.3 is 19.6 Å². The van der Waals surface area contributed by atoms with E-state index in [4.69, 9.17) is 9.47 Å². The fourth-order valence-corrected chi connectivity index (χ4v) is 6.23. The summed E-state index contributed by atoms with van der Waals surface area (Å²) in [4.78, 5) is 17.5. The monoisotopic (exact) mass is 448 g/mol. The number of nitrogens with one attached hydrogen (secondary N) is 1. The first kappa shape index (κ1) is 22.0. The highest BCUT2D eigenvalue weighted by molar-refractivity contribution is 5.88. The normalized spacial score (nSPS) is 24.9. The van der Waals surface area contributed by atoms with Crippen LogP contribution < -0.4 is 4.74 Å². The molecule has 6 nitrogen and oxygen atoms in total. The number of methoxy groups -OCH3 is 1. The van der Waals surface area contributed by atoms with Crippen molar-refractivity contribution in [2.75, 3.05) is 13.7 Å². The molecule has 2 saturated heterocycles. The van der Waals surface area contributed by atoms with Gasteiger partial charge in [-0.1, -0.05) is 12.1 Å². The van der Waals surface area contributed by atoms with Gasteiger partial charge in [0.05, 0.1) is 18.8 Å². The molecule has 5 rings (SSSR count). The minimum Gasteiger partial charge on any atom is -0.496 e. The highest BCUT2D eigenvalue weighted by Gasteiger charge is 2.53. The van der Waals surface area contributed by atoms with Crippen molar-refractivity contribution in [3.05, 3.63) is 64.8 Å². The predicted octanol–water partition coefficient (Wildman–Crippen LogP) is 5.24. The molecule has 3 atom stereocenters. The van der Waals surface area contributed by atoms with Crippen LogP contribution in [0.25, 0.3) is 10.9 Å². The maximum Gasteiger partial charge on any atom is 0.335 e. The van der Waals surface area contributed by atoms with Gasteiger partial charge in [-0.2, -0.15) is 0 Å². The highest BCUT2D eigenvalue weighted by atomic mass is 16.5. The molecule has 2 aromatic carbocycles. The van der Waals surface area contributed by atoms with E-state index in [2.05, 4.69) is 35.9 Å². The molecule has 3 heterocycles. The second kappa shape index (κ2) is 8.50. The lowest BCUT2D eigenvalue weighted by molar-refractivity contribution is -0.0593. The van der Waals surface area contributed by atoms with E-state index in [1.807, 2.05) is 18.3 Å². The molecule has 0 saturated carbocycles. The number of aromatic nitrogens is 1. The lowest BCUT2D eigenvalue weighted by Crippen LogP contribution is -2.52. The van der Waals surface area contributed by atoms with Crippen LogP contribution in [0.4, 0.5) is 0 Å². The zero-order valence-electron chi connectivity index (χ0n) is 19.6. The lowest BCUT2D eigenvalue weighted by atomic mass is 9.79. The summed E-state index contributed by atoms with van der Waals surface area (Å²) in [6, 6.07) is 12.2. The van der Waals surface area contributed by atoms with Gasteiger partial charge in [-0.05, 0) is 74.9 Å². The topological polar surface area (TPSA) is 74.8 Å². The Labute approximate surface area is 194 Å². The zero-order chi connectivity index (χ0) is 23.2. The number of rotatable bonds is 7. The maximum absolute atomic E-state index is 11.4. The Hall–Kier alpha value is -2.83. The van der Waals surface area contributed by atoms with Gasteiger partial charge in [0.1, 0.15) is 5.75 Å². The summed E-state index contributed by atoms with van der Waals surface area (Å²) < 4.78 is 12.0. The molecule has 2 fully saturated rings. The largest absolute Gasteiger partial charge is 0.496 e. The van der Waals surface area contributed by atoms with Gasteiger partial charge in [0.25, 0.3) is 0 Å². The third-order valence-corrected chi connectivity index (χ3v) is 7.71. The number of hydrogen-bond donors (Lipinski definition) is 2. The standard InChI is InChI=1S/C27H32N2O4/c1-4-33-21-14-20-9-11-27(15-21,19-7-5-18(6-8-19)26(30)31)29(20)16-23-22-10-12-28-25(22)17(2)13-24(23)32-3/h5-8,10,12-13,20-21,28H,4,9,11,14-16H2,1-3H3,(H,30,31)/t20-,21+,27?/m0/s1. The molecule has 2 aliphatic rings. The smallest absolute Gasteiger partial charge is 0.335 e. The predicted molar refractivity (Wildman–Crippen MR) is 128 cm³/mol. The Kier molecular flexibility index (Phi) is 5.67. The Balaban J connectivity index is 1.59. The van der Waals surface area contributed by atoms with Crippen molar-refractivity contribution in [1.29, 1.82) is 0 Å². The maximum atomic E-state index is 11.4. The number of aromatic carboxylic acids is 1. The number of carboxylic acids is 1. The van der Waals surface area contributed by atoms with E-state index in [-0.39, 0.29) is 11.6 Å². The first-order valence-electron chi connectivity index (χ1n) is 11.8. The number of H-pyrrole nitrogens is 1. The van der Waals surface area contributed by atoms with Crippen LogP contribution in [0.5, 0.6) is 5.75 Å². The van der Waals surface area contributed by atoms with Crippen molar-refractivity contribution in [1.82, 2.24) is 9.88 Å². The summed E-state index contributed by atoms with van der Waals surface area (Å²) in [5.41, 5.74) is 4.85. The van der Waals surface area contributed by atoms with Gasteiger partial charge in [-0.25, -0.2) is 4.79 Å². The van der Waals surface area contributed by atoms with E-state index in [1.165, 1.54) is 22.1 Å². The molecule has 33 heavy (non-hydrogen) atoms. The average Bonchev–Trinajstić information content (AvgIpc) is 3.38. The first-order valence-corrected chi connectivity index (χ1v) is 11.8. The zero-order valence-corrected chi connectivity index (χ0v) is 19.6. The number of benzene rings is 2. The number of piperidine rings is 1. The van der Waals surface area contributed by atoms with Gasteiger partial charge in [-0.15, -0.1) is 0 Å². The van der Waals surface area contributed by atoms with E-state index in [1.54, 1.807) is 19.2 Å². The van der Waals surface area contributed by atoms with E-state index < -0.39 is 5.97 Å². The van der Waals surface area contributed by atoms with Crippen LogP contribution in [0, 0.1) is 6.92 Å². The minimum atomic E-state index is -0.893. The fraction of sp³-hybridized carbons (Fsp3) is 0.444. The molecule has 0 spiro atoms. The van der Waals surface area contributed by atoms with E-state index in [0.717, 1.165) is 43.5 Å². The molecule has 3 aromatic rings. The van der Waals surface area contributed by atoms with Crippen molar-refractivity contribution in [2.45, 2.75) is 63.8 Å². The van der Waals surface area contributed by atoms with Crippen molar-refractivity contribution in [3.63, 3.8) is 0 Å². The van der Waals surface area contributed by atoms with Crippen molar-refractivity contribution in [3.8, 4) is 5.75 Å². The molecule has 2 aliphatic heterocycles. The van der Waals surface area contributed by atoms with E-state index >= 15 is 0 Å². The highest BCUT2D eigenvalue weighted by Crippen LogP contribution is 2.52. The Morgan fingerprint density at radius 1 is 1.27 bits per heavy atom. The number of ether oxygens (including phenoxy) is 2. The number of hydrogen-bond acceptors (Lipinski definition) is 4. The van der Waals surface area contributed by atoms with Crippen LogP contribution in [0.15, 0.2) is 42.6 Å². The number of carboxylic acid groups (broad SMARTS) is 1. The second-order valence-electron chi connectivity index (χ2n) is 9.39. The molecular formula is C27H32N2O4. The first-order chi connectivity index (χ1) is 16.0. The molecule has 174 valence electrons. The van der Waals surface area contributed by atoms with Crippen LogP contribution in [0.3, 0.4) is 0 Å². The van der Waals surface area contributed by atoms with Crippen molar-refractivity contribution in [2.24, 2.45) is 0 Å². The molecule has 6 heteroatoms. The van der Waals surface area contributed by atoms with Crippen molar-refractivity contribution >= 4 is 16.9 Å². The summed E-state index contributed by atoms with van der Waals surface area (Å²) in [5, 5.41) is 10.6. The summed E-state index contributed by atoms with van der Waals surface area (Å²) in [6.45, 7) is 5.65. The number of aryl methyl sites for hydroxylation is 1. The minimum absolute atomic E-state index is 0.182. The van der Waals surface area contributed by atoms with Gasteiger partial charge in [0.15, 0.2) is 0 Å². The third-order valence-electron chi connectivity index (χ3n) is 7.71. The summed E-state index contributed by atoms with van der Waals surface area (Å²) in [7, 11) is 1.74. The number of aromatic amines is 1. The van der Waals surface area contributed by atoms with Crippen LogP contribution in [-0.4, -0.2) is 46.8 Å². The average molecular weight is 449 g/mol. The van der Waals surface area contributed by atoms with Crippen LogP contribution in [-0.2, 0) is 16.8 Å². The number of fused-ring (bicyclic) bond motifs is 3. The van der Waals surface area contributed by atoms with Gasteiger partial charge in [0.2, 0.25) is 0 Å². The third kappa shape index (κ3) is 3.62. The molecule has 0 aliphatic carbocycles. The SMILES string of the molecule is CCO[C@@H]1C[C@@H]2CCC(c3ccc(C(=O)O)cc3)(C1)N2Cc1c(OC)cc(C)c2[nH]ccc12. The molecule has 1 unspecified atom stereocenters. The Bertz CT molecular complexity index is 1170. The lowest BCUT2D eigenvalue weighted by Gasteiger charge is -2.48. The molecule has 1 aromatic heterocycles. The van der Waals surface area contributed by atoms with E-state index in [0.29, 0.717) is 18.2 Å². The fourth-order valence-electron chi connectivity index (χ4n) is 6.23. The number of carbonyl (C=O) groups is 1. The Morgan fingerprint density at radius 3 is 2.76 bits per heavy atom. The van der Waals surface area contributed by atoms with Crippen LogP contribution >= 0.6 is 0 Å². The summed E-state index contributed by atoms with van der Waals surface area (Å²) in [6.07, 6.45) is 6.29. The quantitative estimate of drug-likeness (QED) is 0.517. The Morgan fingerprint density at radius 2 is 2.06 bits per heavy atom. The van der Waals surface area contributed by atoms with Gasteiger partial charge in [-0.3, -0.25) is 4.90 Å². The van der Waals surface area contributed by atoms with Crippen LogP contribution in [0.1, 0.15) is 59.7 Å². The molecule has 0 radical (unpaired) electrons. The number of nitrogens with zero attached hydrogens (tertiary/aromatic N) is 1. The second-order valence-corrected chi connectivity index (χ2v) is 9.39. The summed E-state index contributed by atoms with van der Waals surface area (Å²) in [5.74, 6) is 0.0255. The summed E-state index contributed by atoms with van der Waals surface area (Å²) >= 11 is 0. The van der Waals surface area contributed by atoms with Gasteiger partial charge >= 0.3 is 5.97 Å². The molecule has 0 amide bonds.